The zero-order valence-corrected chi connectivity index (χ0v) is 13.8. The molecule has 1 fully saturated rings. The van der Waals surface area contributed by atoms with Crippen LogP contribution >= 0.6 is 0 Å². The Labute approximate surface area is 142 Å². The third-order valence-electron chi connectivity index (χ3n) is 4.44. The lowest BCUT2D eigenvalue weighted by Gasteiger charge is -2.18. The summed E-state index contributed by atoms with van der Waals surface area (Å²) in [7, 11) is 1.61. The SMILES string of the molecule is COc1ccc(C(CC(=O)O)C2CC2)cc1OCc1ccccc1. The zero-order valence-electron chi connectivity index (χ0n) is 13.8. The molecular formula is C20H22O4. The molecule has 2 aromatic rings. The molecule has 0 radical (unpaired) electrons. The van der Waals surface area contributed by atoms with Crippen LogP contribution in [-0.2, 0) is 11.4 Å². The van der Waals surface area contributed by atoms with Gasteiger partial charge < -0.3 is 14.6 Å². The summed E-state index contributed by atoms with van der Waals surface area (Å²) in [5.41, 5.74) is 2.10. The van der Waals surface area contributed by atoms with Gasteiger partial charge in [0.15, 0.2) is 11.5 Å². The highest BCUT2D eigenvalue weighted by molar-refractivity contribution is 5.68. The summed E-state index contributed by atoms with van der Waals surface area (Å²) in [6.07, 6.45) is 2.36. The molecule has 1 N–H and O–H groups in total. The number of hydrogen-bond acceptors (Lipinski definition) is 3. The molecule has 0 saturated heterocycles. The van der Waals surface area contributed by atoms with E-state index in [2.05, 4.69) is 0 Å². The Hall–Kier alpha value is -2.49. The van der Waals surface area contributed by atoms with Crippen LogP contribution in [0.2, 0.25) is 0 Å². The molecule has 1 unspecified atom stereocenters. The van der Waals surface area contributed by atoms with Crippen molar-refractivity contribution < 1.29 is 19.4 Å². The smallest absolute Gasteiger partial charge is 0.303 e. The fourth-order valence-electron chi connectivity index (χ4n) is 3.02. The maximum absolute atomic E-state index is 11.2. The van der Waals surface area contributed by atoms with E-state index in [0.717, 1.165) is 24.0 Å². The van der Waals surface area contributed by atoms with Crippen molar-refractivity contribution in [3.8, 4) is 11.5 Å². The van der Waals surface area contributed by atoms with E-state index >= 15 is 0 Å². The molecular weight excluding hydrogens is 304 g/mol. The van der Waals surface area contributed by atoms with Crippen LogP contribution in [0.5, 0.6) is 11.5 Å². The third kappa shape index (κ3) is 4.07. The van der Waals surface area contributed by atoms with Gasteiger partial charge in [0.05, 0.1) is 13.5 Å². The minimum absolute atomic E-state index is 0.0486. The van der Waals surface area contributed by atoms with E-state index in [1.807, 2.05) is 48.5 Å². The molecule has 4 heteroatoms. The maximum Gasteiger partial charge on any atom is 0.303 e. The van der Waals surface area contributed by atoms with Crippen LogP contribution in [0.4, 0.5) is 0 Å². The van der Waals surface area contributed by atoms with Gasteiger partial charge in [-0.2, -0.15) is 0 Å². The molecule has 0 aromatic heterocycles. The molecule has 126 valence electrons. The van der Waals surface area contributed by atoms with Crippen molar-refractivity contribution >= 4 is 5.97 Å². The Morgan fingerprint density at radius 3 is 2.54 bits per heavy atom. The average Bonchev–Trinajstić information content (AvgIpc) is 3.43. The quantitative estimate of drug-likeness (QED) is 0.788. The first kappa shape index (κ1) is 16.4. The van der Waals surface area contributed by atoms with Gasteiger partial charge in [-0.15, -0.1) is 0 Å². The largest absolute Gasteiger partial charge is 0.493 e. The van der Waals surface area contributed by atoms with Gasteiger partial charge in [-0.1, -0.05) is 36.4 Å². The van der Waals surface area contributed by atoms with Gasteiger partial charge in [0.1, 0.15) is 6.61 Å². The third-order valence-corrected chi connectivity index (χ3v) is 4.44. The summed E-state index contributed by atoms with van der Waals surface area (Å²) in [6, 6.07) is 15.7. The second-order valence-electron chi connectivity index (χ2n) is 6.23. The van der Waals surface area contributed by atoms with Crippen LogP contribution < -0.4 is 9.47 Å². The highest BCUT2D eigenvalue weighted by Gasteiger charge is 2.34. The molecule has 0 heterocycles. The minimum Gasteiger partial charge on any atom is -0.493 e. The molecule has 1 aliphatic rings. The number of carboxylic acids is 1. The second-order valence-corrected chi connectivity index (χ2v) is 6.23. The number of hydrogen-bond donors (Lipinski definition) is 1. The van der Waals surface area contributed by atoms with E-state index in [1.165, 1.54) is 0 Å². The zero-order chi connectivity index (χ0) is 16.9. The first-order valence-electron chi connectivity index (χ1n) is 8.24. The topological polar surface area (TPSA) is 55.8 Å². The minimum atomic E-state index is -0.755. The lowest BCUT2D eigenvalue weighted by atomic mass is 9.91. The van der Waals surface area contributed by atoms with Crippen molar-refractivity contribution in [1.82, 2.24) is 0 Å². The Bertz CT molecular complexity index is 692. The van der Waals surface area contributed by atoms with Crippen molar-refractivity contribution in [2.45, 2.75) is 31.8 Å². The Balaban J connectivity index is 1.80. The predicted octanol–water partition coefficient (Wildman–Crippen LogP) is 4.24. The van der Waals surface area contributed by atoms with Crippen LogP contribution in [0.15, 0.2) is 48.5 Å². The summed E-state index contributed by atoms with van der Waals surface area (Å²) < 4.78 is 11.3. The van der Waals surface area contributed by atoms with Gasteiger partial charge in [0.2, 0.25) is 0 Å². The van der Waals surface area contributed by atoms with Crippen molar-refractivity contribution in [2.24, 2.45) is 5.92 Å². The van der Waals surface area contributed by atoms with Gasteiger partial charge >= 0.3 is 5.97 Å². The fourth-order valence-corrected chi connectivity index (χ4v) is 3.02. The molecule has 4 nitrogen and oxygen atoms in total. The summed E-state index contributed by atoms with van der Waals surface area (Å²) >= 11 is 0. The Kier molecular flexibility index (Phi) is 5.04. The molecule has 3 rings (SSSR count). The second kappa shape index (κ2) is 7.39. The molecule has 24 heavy (non-hydrogen) atoms. The van der Waals surface area contributed by atoms with Crippen molar-refractivity contribution in [3.05, 3.63) is 59.7 Å². The van der Waals surface area contributed by atoms with Crippen molar-refractivity contribution in [1.29, 1.82) is 0 Å². The van der Waals surface area contributed by atoms with E-state index in [4.69, 9.17) is 9.47 Å². The Morgan fingerprint density at radius 2 is 1.92 bits per heavy atom. The highest BCUT2D eigenvalue weighted by atomic mass is 16.5. The molecule has 1 aliphatic carbocycles. The molecule has 1 atom stereocenters. The number of carboxylic acid groups (broad SMARTS) is 1. The molecule has 2 aromatic carbocycles. The average molecular weight is 326 g/mol. The molecule has 0 spiro atoms. The first-order chi connectivity index (χ1) is 11.7. The molecule has 0 aliphatic heterocycles. The monoisotopic (exact) mass is 326 g/mol. The normalized spacial score (nSPS) is 14.9. The number of carbonyl (C=O) groups is 1. The van der Waals surface area contributed by atoms with E-state index < -0.39 is 5.97 Å². The molecule has 1 saturated carbocycles. The Morgan fingerprint density at radius 1 is 1.17 bits per heavy atom. The van der Waals surface area contributed by atoms with Gasteiger partial charge in [-0.05, 0) is 47.9 Å². The molecule has 0 amide bonds. The number of ether oxygens (including phenoxy) is 2. The maximum atomic E-state index is 11.2. The van der Waals surface area contributed by atoms with Crippen LogP contribution in [0, 0.1) is 5.92 Å². The van der Waals surface area contributed by atoms with Gasteiger partial charge in [-0.25, -0.2) is 0 Å². The number of benzene rings is 2. The van der Waals surface area contributed by atoms with E-state index in [-0.39, 0.29) is 12.3 Å². The van der Waals surface area contributed by atoms with Crippen LogP contribution in [0.1, 0.15) is 36.3 Å². The lowest BCUT2D eigenvalue weighted by molar-refractivity contribution is -0.137. The lowest BCUT2D eigenvalue weighted by Crippen LogP contribution is -2.09. The van der Waals surface area contributed by atoms with Crippen LogP contribution in [0.25, 0.3) is 0 Å². The highest BCUT2D eigenvalue weighted by Crippen LogP contribution is 2.46. The van der Waals surface area contributed by atoms with Gasteiger partial charge in [0, 0.05) is 0 Å². The predicted molar refractivity (Wildman–Crippen MR) is 91.5 cm³/mol. The van der Waals surface area contributed by atoms with Crippen LogP contribution in [0.3, 0.4) is 0 Å². The van der Waals surface area contributed by atoms with E-state index in [0.29, 0.717) is 24.0 Å². The standard InChI is InChI=1S/C20H22O4/c1-23-18-10-9-16(17(12-20(21)22)15-7-8-15)11-19(18)24-13-14-5-3-2-4-6-14/h2-6,9-11,15,17H,7-8,12-13H2,1H3,(H,21,22). The summed E-state index contributed by atoms with van der Waals surface area (Å²) in [6.45, 7) is 0.452. The molecule has 0 bridgehead atoms. The van der Waals surface area contributed by atoms with E-state index in [9.17, 15) is 9.90 Å². The first-order valence-corrected chi connectivity index (χ1v) is 8.24. The summed E-state index contributed by atoms with van der Waals surface area (Å²) in [5.74, 6) is 1.09. The summed E-state index contributed by atoms with van der Waals surface area (Å²) in [4.78, 5) is 11.2. The van der Waals surface area contributed by atoms with E-state index in [1.54, 1.807) is 7.11 Å². The fraction of sp³-hybridized carbons (Fsp3) is 0.350. The number of rotatable bonds is 8. The van der Waals surface area contributed by atoms with Crippen LogP contribution in [-0.4, -0.2) is 18.2 Å². The van der Waals surface area contributed by atoms with Gasteiger partial charge in [-0.3, -0.25) is 4.79 Å². The van der Waals surface area contributed by atoms with Gasteiger partial charge in [0.25, 0.3) is 0 Å². The number of methoxy groups -OCH3 is 1. The van der Waals surface area contributed by atoms with Crippen molar-refractivity contribution in [3.63, 3.8) is 0 Å². The number of aliphatic carboxylic acids is 1. The summed E-state index contributed by atoms with van der Waals surface area (Å²) in [5, 5.41) is 9.19. The van der Waals surface area contributed by atoms with Crippen molar-refractivity contribution in [2.75, 3.05) is 7.11 Å².